The summed E-state index contributed by atoms with van der Waals surface area (Å²) in [5, 5.41) is 9.58. The maximum atomic E-state index is 11.7. The predicted octanol–water partition coefficient (Wildman–Crippen LogP) is 1.58. The summed E-state index contributed by atoms with van der Waals surface area (Å²) < 4.78 is 0. The van der Waals surface area contributed by atoms with Crippen molar-refractivity contribution in [3.8, 4) is 0 Å². The molecule has 0 bridgehead atoms. The molecule has 1 amide bonds. The highest BCUT2D eigenvalue weighted by atomic mass is 16.4. The second-order valence-corrected chi connectivity index (χ2v) is 5.49. The standard InChI is InChI=1S/C16H22N2O3/c1-2-18(13-19)16(15(20)21)8-10-17(11-9-16)12-14-6-4-3-5-7-14/h3-7,13H,2,8-12H2,1H3,(H,20,21). The van der Waals surface area contributed by atoms with Crippen molar-refractivity contribution in [2.75, 3.05) is 19.6 Å². The number of hydrogen-bond acceptors (Lipinski definition) is 3. The zero-order chi connectivity index (χ0) is 15.3. The molecule has 0 atom stereocenters. The van der Waals surface area contributed by atoms with Gasteiger partial charge >= 0.3 is 5.97 Å². The van der Waals surface area contributed by atoms with Crippen LogP contribution < -0.4 is 0 Å². The lowest BCUT2D eigenvalue weighted by Gasteiger charge is -2.44. The van der Waals surface area contributed by atoms with Crippen LogP contribution in [0.1, 0.15) is 25.3 Å². The average Bonchev–Trinajstić information content (AvgIpc) is 2.51. The molecule has 0 aromatic heterocycles. The SMILES string of the molecule is CCN(C=O)C1(C(=O)O)CCN(Cc2ccccc2)CC1. The maximum absolute atomic E-state index is 11.7. The molecule has 114 valence electrons. The lowest BCUT2D eigenvalue weighted by Crippen LogP contribution is -2.59. The van der Waals surface area contributed by atoms with E-state index in [9.17, 15) is 14.7 Å². The molecule has 1 aliphatic rings. The van der Waals surface area contributed by atoms with Gasteiger partial charge in [-0.2, -0.15) is 0 Å². The van der Waals surface area contributed by atoms with Crippen LogP contribution in [0.4, 0.5) is 0 Å². The Kier molecular flexibility index (Phi) is 4.96. The monoisotopic (exact) mass is 290 g/mol. The highest BCUT2D eigenvalue weighted by Gasteiger charge is 2.45. The maximum Gasteiger partial charge on any atom is 0.329 e. The fourth-order valence-electron chi connectivity index (χ4n) is 3.02. The van der Waals surface area contributed by atoms with E-state index in [4.69, 9.17) is 0 Å². The Hall–Kier alpha value is -1.88. The van der Waals surface area contributed by atoms with Gasteiger partial charge in [-0.15, -0.1) is 0 Å². The van der Waals surface area contributed by atoms with Crippen LogP contribution in [-0.2, 0) is 16.1 Å². The van der Waals surface area contributed by atoms with Crippen molar-refractivity contribution in [1.82, 2.24) is 9.80 Å². The number of likely N-dealkylation sites (tertiary alicyclic amines) is 1. The molecule has 1 aromatic carbocycles. The Bertz CT molecular complexity index is 482. The number of piperidine rings is 1. The van der Waals surface area contributed by atoms with Gasteiger partial charge in [0, 0.05) is 26.2 Å². The number of rotatable bonds is 6. The number of hydrogen-bond donors (Lipinski definition) is 1. The normalized spacial score (nSPS) is 18.1. The van der Waals surface area contributed by atoms with Crippen molar-refractivity contribution in [3.63, 3.8) is 0 Å². The summed E-state index contributed by atoms with van der Waals surface area (Å²) >= 11 is 0. The van der Waals surface area contributed by atoms with E-state index in [1.54, 1.807) is 0 Å². The molecule has 0 saturated carbocycles. The summed E-state index contributed by atoms with van der Waals surface area (Å²) in [7, 11) is 0. The third-order valence-corrected chi connectivity index (χ3v) is 4.35. The van der Waals surface area contributed by atoms with Crippen LogP contribution in [0.2, 0.25) is 0 Å². The summed E-state index contributed by atoms with van der Waals surface area (Å²) in [6.07, 6.45) is 1.62. The number of nitrogens with zero attached hydrogens (tertiary/aromatic N) is 2. The number of carbonyl (C=O) groups excluding carboxylic acids is 1. The van der Waals surface area contributed by atoms with Gasteiger partial charge in [-0.3, -0.25) is 9.69 Å². The first-order chi connectivity index (χ1) is 10.1. The van der Waals surface area contributed by atoms with Gasteiger partial charge in [-0.25, -0.2) is 4.79 Å². The number of carbonyl (C=O) groups is 2. The third kappa shape index (κ3) is 3.24. The minimum atomic E-state index is -1.04. The molecule has 21 heavy (non-hydrogen) atoms. The molecular weight excluding hydrogens is 268 g/mol. The van der Waals surface area contributed by atoms with Gasteiger partial charge in [-0.05, 0) is 25.3 Å². The molecule has 5 nitrogen and oxygen atoms in total. The van der Waals surface area contributed by atoms with E-state index in [1.807, 2.05) is 25.1 Å². The first-order valence-corrected chi connectivity index (χ1v) is 7.34. The number of aliphatic carboxylic acids is 1. The fourth-order valence-corrected chi connectivity index (χ4v) is 3.02. The molecular formula is C16H22N2O3. The molecule has 0 radical (unpaired) electrons. The topological polar surface area (TPSA) is 60.9 Å². The minimum absolute atomic E-state index is 0.425. The summed E-state index contributed by atoms with van der Waals surface area (Å²) in [6.45, 7) is 4.44. The summed E-state index contributed by atoms with van der Waals surface area (Å²) in [5.74, 6) is -0.893. The second kappa shape index (κ2) is 6.72. The summed E-state index contributed by atoms with van der Waals surface area (Å²) in [4.78, 5) is 26.5. The van der Waals surface area contributed by atoms with Crippen molar-refractivity contribution in [2.45, 2.75) is 31.8 Å². The van der Waals surface area contributed by atoms with E-state index >= 15 is 0 Å². The van der Waals surface area contributed by atoms with Crippen LogP contribution in [-0.4, -0.2) is 52.5 Å². The molecule has 1 N–H and O–H groups in total. The minimum Gasteiger partial charge on any atom is -0.479 e. The molecule has 1 heterocycles. The molecule has 1 saturated heterocycles. The molecule has 0 unspecified atom stereocenters. The van der Waals surface area contributed by atoms with Crippen molar-refractivity contribution in [1.29, 1.82) is 0 Å². The van der Waals surface area contributed by atoms with Crippen LogP contribution in [0, 0.1) is 0 Å². The highest BCUT2D eigenvalue weighted by Crippen LogP contribution is 2.29. The molecule has 1 aromatic rings. The van der Waals surface area contributed by atoms with Crippen molar-refractivity contribution in [2.24, 2.45) is 0 Å². The summed E-state index contributed by atoms with van der Waals surface area (Å²) in [6, 6.07) is 10.1. The van der Waals surface area contributed by atoms with Crippen molar-refractivity contribution < 1.29 is 14.7 Å². The van der Waals surface area contributed by atoms with Gasteiger partial charge < -0.3 is 10.0 Å². The Balaban J connectivity index is 2.03. The van der Waals surface area contributed by atoms with E-state index in [0.29, 0.717) is 38.9 Å². The van der Waals surface area contributed by atoms with E-state index in [2.05, 4.69) is 17.0 Å². The van der Waals surface area contributed by atoms with Gasteiger partial charge in [0.1, 0.15) is 5.54 Å². The van der Waals surface area contributed by atoms with Crippen molar-refractivity contribution >= 4 is 12.4 Å². The van der Waals surface area contributed by atoms with Gasteiger partial charge in [0.25, 0.3) is 0 Å². The van der Waals surface area contributed by atoms with E-state index in [0.717, 1.165) is 6.54 Å². The summed E-state index contributed by atoms with van der Waals surface area (Å²) in [5.41, 5.74) is 0.187. The Morgan fingerprint density at radius 3 is 2.43 bits per heavy atom. The largest absolute Gasteiger partial charge is 0.479 e. The zero-order valence-corrected chi connectivity index (χ0v) is 12.4. The van der Waals surface area contributed by atoms with E-state index < -0.39 is 11.5 Å². The van der Waals surface area contributed by atoms with Gasteiger partial charge in [0.15, 0.2) is 0 Å². The second-order valence-electron chi connectivity index (χ2n) is 5.49. The Morgan fingerprint density at radius 2 is 1.95 bits per heavy atom. The van der Waals surface area contributed by atoms with Gasteiger partial charge in [0.2, 0.25) is 6.41 Å². The first-order valence-electron chi connectivity index (χ1n) is 7.34. The molecule has 5 heteroatoms. The molecule has 1 aliphatic heterocycles. The number of benzene rings is 1. The first kappa shape index (κ1) is 15.5. The molecule has 2 rings (SSSR count). The lowest BCUT2D eigenvalue weighted by molar-refractivity contribution is -0.158. The Morgan fingerprint density at radius 1 is 1.33 bits per heavy atom. The van der Waals surface area contributed by atoms with Crippen LogP contribution in [0.15, 0.2) is 30.3 Å². The highest BCUT2D eigenvalue weighted by molar-refractivity contribution is 5.81. The zero-order valence-electron chi connectivity index (χ0n) is 12.4. The smallest absolute Gasteiger partial charge is 0.329 e. The third-order valence-electron chi connectivity index (χ3n) is 4.35. The van der Waals surface area contributed by atoms with Gasteiger partial charge in [-0.1, -0.05) is 30.3 Å². The number of carboxylic acids is 1. The lowest BCUT2D eigenvalue weighted by atomic mass is 9.85. The molecule has 0 aliphatic carbocycles. The van der Waals surface area contributed by atoms with Crippen LogP contribution in [0.5, 0.6) is 0 Å². The van der Waals surface area contributed by atoms with Crippen LogP contribution >= 0.6 is 0 Å². The quantitative estimate of drug-likeness (QED) is 0.808. The number of likely N-dealkylation sites (N-methyl/N-ethyl adjacent to an activating group) is 1. The number of carboxylic acid groups (broad SMARTS) is 1. The van der Waals surface area contributed by atoms with E-state index in [-0.39, 0.29) is 0 Å². The fraction of sp³-hybridized carbons (Fsp3) is 0.500. The predicted molar refractivity (Wildman–Crippen MR) is 79.8 cm³/mol. The number of amides is 1. The average molecular weight is 290 g/mol. The van der Waals surface area contributed by atoms with E-state index in [1.165, 1.54) is 10.5 Å². The Labute approximate surface area is 125 Å². The van der Waals surface area contributed by atoms with Crippen molar-refractivity contribution in [3.05, 3.63) is 35.9 Å². The van der Waals surface area contributed by atoms with Crippen LogP contribution in [0.3, 0.4) is 0 Å². The van der Waals surface area contributed by atoms with Crippen LogP contribution in [0.25, 0.3) is 0 Å². The van der Waals surface area contributed by atoms with Gasteiger partial charge in [0.05, 0.1) is 0 Å². The molecule has 0 spiro atoms. The molecule has 1 fully saturated rings.